The van der Waals surface area contributed by atoms with Gasteiger partial charge in [-0.1, -0.05) is 6.07 Å². The third kappa shape index (κ3) is 2.99. The number of hydrogen-bond acceptors (Lipinski definition) is 3. The van der Waals surface area contributed by atoms with E-state index in [0.717, 1.165) is 25.0 Å². The van der Waals surface area contributed by atoms with Crippen molar-refractivity contribution >= 4 is 17.8 Å². The van der Waals surface area contributed by atoms with E-state index in [0.29, 0.717) is 31.7 Å². The van der Waals surface area contributed by atoms with Gasteiger partial charge in [0.05, 0.1) is 5.92 Å². The summed E-state index contributed by atoms with van der Waals surface area (Å²) < 4.78 is 0. The van der Waals surface area contributed by atoms with Crippen LogP contribution in [0.4, 0.5) is 10.6 Å². The van der Waals surface area contributed by atoms with Crippen molar-refractivity contribution in [2.75, 3.05) is 18.4 Å². The van der Waals surface area contributed by atoms with Crippen molar-refractivity contribution in [1.82, 2.24) is 9.88 Å². The molecule has 2 N–H and O–H groups in total. The van der Waals surface area contributed by atoms with Crippen LogP contribution in [0.2, 0.25) is 0 Å². The number of pyridine rings is 1. The average molecular weight is 289 g/mol. The molecule has 0 bridgehead atoms. The summed E-state index contributed by atoms with van der Waals surface area (Å²) in [6, 6.07) is 3.68. The maximum atomic E-state index is 12.2. The molecule has 6 nitrogen and oxygen atoms in total. The minimum absolute atomic E-state index is 0.190. The van der Waals surface area contributed by atoms with Crippen LogP contribution in [0.25, 0.3) is 0 Å². The van der Waals surface area contributed by atoms with E-state index in [1.165, 1.54) is 5.56 Å². The molecule has 1 aromatic rings. The van der Waals surface area contributed by atoms with Gasteiger partial charge in [-0.15, -0.1) is 0 Å². The van der Waals surface area contributed by atoms with Gasteiger partial charge in [0.15, 0.2) is 0 Å². The molecule has 2 aliphatic rings. The van der Waals surface area contributed by atoms with Crippen LogP contribution in [-0.4, -0.2) is 40.1 Å². The average Bonchev–Trinajstić information content (AvgIpc) is 2.95. The van der Waals surface area contributed by atoms with Gasteiger partial charge in [-0.2, -0.15) is 0 Å². The minimum atomic E-state index is -0.768. The second kappa shape index (κ2) is 5.71. The van der Waals surface area contributed by atoms with Crippen molar-refractivity contribution in [2.24, 2.45) is 5.92 Å². The van der Waals surface area contributed by atoms with E-state index >= 15 is 0 Å². The van der Waals surface area contributed by atoms with Crippen molar-refractivity contribution in [1.29, 1.82) is 0 Å². The summed E-state index contributed by atoms with van der Waals surface area (Å²) >= 11 is 0. The quantitative estimate of drug-likeness (QED) is 0.871. The number of aromatic nitrogens is 1. The first-order valence-electron chi connectivity index (χ1n) is 7.41. The number of anilines is 1. The first-order valence-corrected chi connectivity index (χ1v) is 7.41. The SMILES string of the molecule is O=C(O)C1CCN(C(=O)Nc2ccc3c(n2)CCC3)CC1. The van der Waals surface area contributed by atoms with Gasteiger partial charge in [0.2, 0.25) is 0 Å². The van der Waals surface area contributed by atoms with E-state index in [-0.39, 0.29) is 11.9 Å². The van der Waals surface area contributed by atoms with Crippen LogP contribution in [0.3, 0.4) is 0 Å². The third-order valence-corrected chi connectivity index (χ3v) is 4.29. The maximum Gasteiger partial charge on any atom is 0.323 e. The van der Waals surface area contributed by atoms with E-state index in [4.69, 9.17) is 5.11 Å². The van der Waals surface area contributed by atoms with Crippen LogP contribution in [-0.2, 0) is 17.6 Å². The summed E-state index contributed by atoms with van der Waals surface area (Å²) in [6.07, 6.45) is 4.20. The molecule has 1 saturated heterocycles. The Bertz CT molecular complexity index is 565. The zero-order valence-electron chi connectivity index (χ0n) is 11.8. The molecule has 0 atom stereocenters. The number of aryl methyl sites for hydroxylation is 2. The van der Waals surface area contributed by atoms with Crippen molar-refractivity contribution in [3.05, 3.63) is 23.4 Å². The van der Waals surface area contributed by atoms with Crippen LogP contribution in [0, 0.1) is 5.92 Å². The van der Waals surface area contributed by atoms with Crippen molar-refractivity contribution in [3.63, 3.8) is 0 Å². The summed E-state index contributed by atoms with van der Waals surface area (Å²) in [7, 11) is 0. The van der Waals surface area contributed by atoms with E-state index in [1.54, 1.807) is 4.90 Å². The molecule has 0 unspecified atom stereocenters. The molecular weight excluding hydrogens is 270 g/mol. The lowest BCUT2D eigenvalue weighted by Gasteiger charge is -2.30. The zero-order valence-corrected chi connectivity index (χ0v) is 11.8. The predicted molar refractivity (Wildman–Crippen MR) is 77.2 cm³/mol. The monoisotopic (exact) mass is 289 g/mol. The number of amides is 2. The van der Waals surface area contributed by atoms with Crippen molar-refractivity contribution in [2.45, 2.75) is 32.1 Å². The van der Waals surface area contributed by atoms with E-state index < -0.39 is 5.97 Å². The van der Waals surface area contributed by atoms with Crippen LogP contribution >= 0.6 is 0 Å². The Balaban J connectivity index is 1.58. The third-order valence-electron chi connectivity index (χ3n) is 4.29. The van der Waals surface area contributed by atoms with E-state index in [1.807, 2.05) is 12.1 Å². The van der Waals surface area contributed by atoms with E-state index in [2.05, 4.69) is 10.3 Å². The Morgan fingerprint density at radius 1 is 1.24 bits per heavy atom. The topological polar surface area (TPSA) is 82.5 Å². The van der Waals surface area contributed by atoms with Crippen LogP contribution < -0.4 is 5.32 Å². The summed E-state index contributed by atoms with van der Waals surface area (Å²) in [5, 5.41) is 11.8. The fourth-order valence-electron chi connectivity index (χ4n) is 3.01. The summed E-state index contributed by atoms with van der Waals surface area (Å²) in [6.45, 7) is 0.960. The number of carboxylic acids is 1. The molecule has 2 amide bonds. The smallest absolute Gasteiger partial charge is 0.323 e. The summed E-state index contributed by atoms with van der Waals surface area (Å²) in [5.41, 5.74) is 2.35. The molecule has 1 aromatic heterocycles. The van der Waals surface area contributed by atoms with Gasteiger partial charge < -0.3 is 10.0 Å². The van der Waals surface area contributed by atoms with Crippen molar-refractivity contribution in [3.8, 4) is 0 Å². The largest absolute Gasteiger partial charge is 0.481 e. The van der Waals surface area contributed by atoms with Gasteiger partial charge in [0.1, 0.15) is 5.82 Å². The lowest BCUT2D eigenvalue weighted by atomic mass is 9.97. The highest BCUT2D eigenvalue weighted by Crippen LogP contribution is 2.22. The molecule has 0 radical (unpaired) electrons. The molecule has 1 aliphatic carbocycles. The van der Waals surface area contributed by atoms with Gasteiger partial charge in [-0.25, -0.2) is 9.78 Å². The lowest BCUT2D eigenvalue weighted by Crippen LogP contribution is -2.42. The first kappa shape index (κ1) is 13.9. The Morgan fingerprint density at radius 2 is 2.00 bits per heavy atom. The highest BCUT2D eigenvalue weighted by molar-refractivity contribution is 5.88. The van der Waals surface area contributed by atoms with Crippen molar-refractivity contribution < 1.29 is 14.7 Å². The van der Waals surface area contributed by atoms with Crippen LogP contribution in [0.5, 0.6) is 0 Å². The number of carbonyl (C=O) groups is 2. The molecule has 0 spiro atoms. The number of aliphatic carboxylic acids is 1. The Labute approximate surface area is 123 Å². The number of fused-ring (bicyclic) bond motifs is 1. The Hall–Kier alpha value is -2.11. The minimum Gasteiger partial charge on any atom is -0.481 e. The molecule has 0 aromatic carbocycles. The fourth-order valence-corrected chi connectivity index (χ4v) is 3.01. The number of urea groups is 1. The molecule has 21 heavy (non-hydrogen) atoms. The standard InChI is InChI=1S/C15H19N3O3/c19-14(20)11-6-8-18(9-7-11)15(21)17-13-5-4-10-2-1-3-12(10)16-13/h4-5,11H,1-3,6-9H2,(H,19,20)(H,16,17,21). The molecule has 2 heterocycles. The number of piperidine rings is 1. The second-order valence-electron chi connectivity index (χ2n) is 5.69. The summed E-state index contributed by atoms with van der Waals surface area (Å²) in [4.78, 5) is 29.2. The van der Waals surface area contributed by atoms with Crippen LogP contribution in [0.15, 0.2) is 12.1 Å². The number of likely N-dealkylation sites (tertiary alicyclic amines) is 1. The van der Waals surface area contributed by atoms with Crippen LogP contribution in [0.1, 0.15) is 30.5 Å². The predicted octanol–water partition coefficient (Wildman–Crippen LogP) is 1.90. The molecule has 6 heteroatoms. The number of rotatable bonds is 2. The van der Waals surface area contributed by atoms with Gasteiger partial charge in [-0.05, 0) is 43.7 Å². The number of nitrogens with zero attached hydrogens (tertiary/aromatic N) is 2. The molecule has 3 rings (SSSR count). The molecule has 1 aliphatic heterocycles. The van der Waals surface area contributed by atoms with Gasteiger partial charge >= 0.3 is 12.0 Å². The molecule has 1 fully saturated rings. The van der Waals surface area contributed by atoms with E-state index in [9.17, 15) is 9.59 Å². The first-order chi connectivity index (χ1) is 10.1. The highest BCUT2D eigenvalue weighted by atomic mass is 16.4. The Morgan fingerprint density at radius 3 is 2.71 bits per heavy atom. The zero-order chi connectivity index (χ0) is 14.8. The number of carbonyl (C=O) groups excluding carboxylic acids is 1. The highest BCUT2D eigenvalue weighted by Gasteiger charge is 2.27. The molecular formula is C15H19N3O3. The lowest BCUT2D eigenvalue weighted by molar-refractivity contribution is -0.143. The number of hydrogen-bond donors (Lipinski definition) is 2. The van der Waals surface area contributed by atoms with Gasteiger partial charge in [0, 0.05) is 18.8 Å². The molecule has 0 saturated carbocycles. The number of carboxylic acid groups (broad SMARTS) is 1. The fraction of sp³-hybridized carbons (Fsp3) is 0.533. The second-order valence-corrected chi connectivity index (χ2v) is 5.69. The molecule has 112 valence electrons. The Kier molecular flexibility index (Phi) is 3.77. The van der Waals surface area contributed by atoms with Gasteiger partial charge in [-0.3, -0.25) is 10.1 Å². The maximum absolute atomic E-state index is 12.2. The normalized spacial score (nSPS) is 18.4. The van der Waals surface area contributed by atoms with Gasteiger partial charge in [0.25, 0.3) is 0 Å². The number of nitrogens with one attached hydrogen (secondary N) is 1. The summed E-state index contributed by atoms with van der Waals surface area (Å²) in [5.74, 6) is -0.511.